The number of ether oxygens (including phenoxy) is 1. The van der Waals surface area contributed by atoms with E-state index in [2.05, 4.69) is 17.4 Å². The Morgan fingerprint density at radius 3 is 2.86 bits per heavy atom. The highest BCUT2D eigenvalue weighted by Gasteiger charge is 2.29. The average Bonchev–Trinajstić information content (AvgIpc) is 2.78. The van der Waals surface area contributed by atoms with Crippen LogP contribution in [-0.2, 0) is 9.53 Å². The SMILES string of the molecule is CCOC(=O)C1CCCC(NC(C)c2c(C)noc2C)C1. The van der Waals surface area contributed by atoms with Gasteiger partial charge in [-0.25, -0.2) is 0 Å². The zero-order valence-electron chi connectivity index (χ0n) is 13.4. The van der Waals surface area contributed by atoms with Gasteiger partial charge in [-0.3, -0.25) is 4.79 Å². The fourth-order valence-electron chi connectivity index (χ4n) is 3.36. The molecule has 1 saturated carbocycles. The topological polar surface area (TPSA) is 64.4 Å². The van der Waals surface area contributed by atoms with Crippen LogP contribution in [0.4, 0.5) is 0 Å². The van der Waals surface area contributed by atoms with E-state index in [1.807, 2.05) is 20.8 Å². The first kappa shape index (κ1) is 16.0. The summed E-state index contributed by atoms with van der Waals surface area (Å²) in [5.41, 5.74) is 2.07. The number of aromatic nitrogens is 1. The third-order valence-corrected chi connectivity index (χ3v) is 4.30. The molecule has 3 unspecified atom stereocenters. The molecule has 118 valence electrons. The Hall–Kier alpha value is -1.36. The van der Waals surface area contributed by atoms with Crippen LogP contribution in [0.3, 0.4) is 0 Å². The number of aryl methyl sites for hydroxylation is 2. The first-order chi connectivity index (χ1) is 10.0. The molecule has 1 aliphatic carbocycles. The van der Waals surface area contributed by atoms with E-state index in [1.54, 1.807) is 0 Å². The van der Waals surface area contributed by atoms with E-state index in [9.17, 15) is 4.79 Å². The number of rotatable bonds is 5. The second-order valence-corrected chi connectivity index (χ2v) is 5.94. The van der Waals surface area contributed by atoms with E-state index in [-0.39, 0.29) is 17.9 Å². The van der Waals surface area contributed by atoms with Crippen LogP contribution in [0.15, 0.2) is 4.52 Å². The lowest BCUT2D eigenvalue weighted by Crippen LogP contribution is -2.38. The maximum Gasteiger partial charge on any atom is 0.308 e. The quantitative estimate of drug-likeness (QED) is 0.846. The molecule has 1 N–H and O–H groups in total. The molecule has 0 aromatic carbocycles. The Balaban J connectivity index is 1.95. The highest BCUT2D eigenvalue weighted by molar-refractivity contribution is 5.72. The number of esters is 1. The van der Waals surface area contributed by atoms with Crippen LogP contribution in [0.2, 0.25) is 0 Å². The first-order valence-electron chi connectivity index (χ1n) is 7.88. The van der Waals surface area contributed by atoms with Gasteiger partial charge in [0.1, 0.15) is 5.76 Å². The van der Waals surface area contributed by atoms with Gasteiger partial charge in [-0.15, -0.1) is 0 Å². The van der Waals surface area contributed by atoms with Crippen molar-refractivity contribution in [3.63, 3.8) is 0 Å². The van der Waals surface area contributed by atoms with E-state index in [1.165, 1.54) is 0 Å². The predicted molar refractivity (Wildman–Crippen MR) is 79.9 cm³/mol. The standard InChI is InChI=1S/C16H26N2O3/c1-5-20-16(19)13-7-6-8-14(9-13)17-10(2)15-11(3)18-21-12(15)4/h10,13-14,17H,5-9H2,1-4H3. The molecule has 1 aromatic heterocycles. The van der Waals surface area contributed by atoms with Crippen molar-refractivity contribution in [2.45, 2.75) is 65.5 Å². The van der Waals surface area contributed by atoms with Crippen molar-refractivity contribution in [3.05, 3.63) is 17.0 Å². The van der Waals surface area contributed by atoms with Gasteiger partial charge < -0.3 is 14.6 Å². The van der Waals surface area contributed by atoms with Gasteiger partial charge in [-0.2, -0.15) is 0 Å². The second kappa shape index (κ2) is 7.07. The summed E-state index contributed by atoms with van der Waals surface area (Å²) in [7, 11) is 0. The first-order valence-corrected chi connectivity index (χ1v) is 7.88. The van der Waals surface area contributed by atoms with E-state index in [4.69, 9.17) is 9.26 Å². The van der Waals surface area contributed by atoms with Gasteiger partial charge in [0.25, 0.3) is 0 Å². The number of carbonyl (C=O) groups is 1. The van der Waals surface area contributed by atoms with Gasteiger partial charge in [0.05, 0.1) is 18.2 Å². The summed E-state index contributed by atoms with van der Waals surface area (Å²) in [6, 6.07) is 0.527. The minimum atomic E-state index is -0.0472. The van der Waals surface area contributed by atoms with Crippen LogP contribution in [0.25, 0.3) is 0 Å². The summed E-state index contributed by atoms with van der Waals surface area (Å²) >= 11 is 0. The number of hydrogen-bond donors (Lipinski definition) is 1. The van der Waals surface area contributed by atoms with Gasteiger partial charge in [0, 0.05) is 17.6 Å². The molecule has 0 saturated heterocycles. The summed E-state index contributed by atoms with van der Waals surface area (Å²) in [4.78, 5) is 11.9. The van der Waals surface area contributed by atoms with E-state index < -0.39 is 0 Å². The zero-order valence-corrected chi connectivity index (χ0v) is 13.4. The Kier molecular flexibility index (Phi) is 5.39. The fourth-order valence-corrected chi connectivity index (χ4v) is 3.36. The normalized spacial score (nSPS) is 23.8. The smallest absolute Gasteiger partial charge is 0.308 e. The summed E-state index contributed by atoms with van der Waals surface area (Å²) in [5, 5.41) is 7.63. The fraction of sp³-hybridized carbons (Fsp3) is 0.750. The van der Waals surface area contributed by atoms with Crippen molar-refractivity contribution in [1.29, 1.82) is 0 Å². The maximum atomic E-state index is 11.9. The third kappa shape index (κ3) is 3.84. The highest BCUT2D eigenvalue weighted by atomic mass is 16.5. The minimum absolute atomic E-state index is 0.0352. The van der Waals surface area contributed by atoms with E-state index in [0.29, 0.717) is 12.6 Å². The van der Waals surface area contributed by atoms with Crippen LogP contribution in [0, 0.1) is 19.8 Å². The van der Waals surface area contributed by atoms with Gasteiger partial charge in [-0.05, 0) is 47.0 Å². The predicted octanol–water partition coefficient (Wildman–Crippen LogP) is 3.06. The number of hydrogen-bond acceptors (Lipinski definition) is 5. The van der Waals surface area contributed by atoms with E-state index >= 15 is 0 Å². The molecule has 0 amide bonds. The minimum Gasteiger partial charge on any atom is -0.466 e. The van der Waals surface area contributed by atoms with Crippen LogP contribution in [-0.4, -0.2) is 23.8 Å². The van der Waals surface area contributed by atoms with Crippen molar-refractivity contribution in [2.75, 3.05) is 6.61 Å². The molecule has 5 nitrogen and oxygen atoms in total. The van der Waals surface area contributed by atoms with Crippen LogP contribution in [0.1, 0.15) is 62.6 Å². The Bertz CT molecular complexity index is 464. The van der Waals surface area contributed by atoms with Crippen molar-refractivity contribution < 1.29 is 14.1 Å². The van der Waals surface area contributed by atoms with Gasteiger partial charge in [-0.1, -0.05) is 11.6 Å². The Labute approximate surface area is 126 Å². The lowest BCUT2D eigenvalue weighted by molar-refractivity contribution is -0.149. The monoisotopic (exact) mass is 294 g/mol. The lowest BCUT2D eigenvalue weighted by Gasteiger charge is -2.30. The molecular formula is C16H26N2O3. The summed E-state index contributed by atoms with van der Waals surface area (Å²) in [6.07, 6.45) is 3.96. The maximum absolute atomic E-state index is 11.9. The summed E-state index contributed by atoms with van der Waals surface area (Å²) < 4.78 is 10.4. The van der Waals surface area contributed by atoms with Crippen LogP contribution < -0.4 is 5.32 Å². The Morgan fingerprint density at radius 2 is 2.24 bits per heavy atom. The molecule has 21 heavy (non-hydrogen) atoms. The zero-order chi connectivity index (χ0) is 15.4. The number of carbonyl (C=O) groups excluding carboxylic acids is 1. The molecule has 1 heterocycles. The lowest BCUT2D eigenvalue weighted by atomic mass is 9.85. The molecule has 0 aliphatic heterocycles. The van der Waals surface area contributed by atoms with Gasteiger partial charge in [0.2, 0.25) is 0 Å². The molecule has 1 fully saturated rings. The highest BCUT2D eigenvalue weighted by Crippen LogP contribution is 2.28. The number of nitrogens with zero attached hydrogens (tertiary/aromatic N) is 1. The van der Waals surface area contributed by atoms with Crippen LogP contribution in [0.5, 0.6) is 0 Å². The molecule has 1 aromatic rings. The van der Waals surface area contributed by atoms with Crippen molar-refractivity contribution in [2.24, 2.45) is 5.92 Å². The molecule has 5 heteroatoms. The summed E-state index contributed by atoms with van der Waals surface area (Å²) in [5.74, 6) is 0.854. The van der Waals surface area contributed by atoms with Crippen molar-refractivity contribution >= 4 is 5.97 Å². The molecule has 0 bridgehead atoms. The Morgan fingerprint density at radius 1 is 1.48 bits per heavy atom. The average molecular weight is 294 g/mol. The molecule has 1 aliphatic rings. The van der Waals surface area contributed by atoms with Gasteiger partial charge >= 0.3 is 5.97 Å². The molecule has 3 atom stereocenters. The van der Waals surface area contributed by atoms with Crippen molar-refractivity contribution in [1.82, 2.24) is 10.5 Å². The van der Waals surface area contributed by atoms with Gasteiger partial charge in [0.15, 0.2) is 0 Å². The number of nitrogens with one attached hydrogen (secondary N) is 1. The summed E-state index contributed by atoms with van der Waals surface area (Å²) in [6.45, 7) is 8.35. The van der Waals surface area contributed by atoms with E-state index in [0.717, 1.165) is 42.7 Å². The molecule has 0 radical (unpaired) electrons. The third-order valence-electron chi connectivity index (χ3n) is 4.30. The van der Waals surface area contributed by atoms with Crippen molar-refractivity contribution in [3.8, 4) is 0 Å². The van der Waals surface area contributed by atoms with Crippen LogP contribution >= 0.6 is 0 Å². The second-order valence-electron chi connectivity index (χ2n) is 5.94. The largest absolute Gasteiger partial charge is 0.466 e. The molecule has 2 rings (SSSR count). The molecule has 0 spiro atoms. The molecular weight excluding hydrogens is 268 g/mol.